The van der Waals surface area contributed by atoms with Gasteiger partial charge in [-0.1, -0.05) is 6.07 Å². The number of halogens is 3. The third kappa shape index (κ3) is 4.89. The molecule has 0 aromatic heterocycles. The van der Waals surface area contributed by atoms with Crippen molar-refractivity contribution in [3.63, 3.8) is 0 Å². The van der Waals surface area contributed by atoms with Gasteiger partial charge in [0.05, 0.1) is 22.1 Å². The molecule has 1 saturated heterocycles. The molecule has 2 aromatic carbocycles. The molecule has 0 atom stereocenters. The zero-order valence-electron chi connectivity index (χ0n) is 15.7. The molecule has 1 heterocycles. The lowest BCUT2D eigenvalue weighted by Gasteiger charge is -2.33. The topological polar surface area (TPSA) is 73.2 Å². The number of sulfonamides is 1. The van der Waals surface area contributed by atoms with Crippen LogP contribution in [-0.2, 0) is 16.2 Å². The van der Waals surface area contributed by atoms with E-state index in [0.717, 1.165) is 5.69 Å². The number of piperidine rings is 1. The van der Waals surface area contributed by atoms with Crippen molar-refractivity contribution in [3.05, 3.63) is 59.2 Å². The lowest BCUT2D eigenvalue weighted by atomic mass is 10.1. The monoisotopic (exact) mass is 423 g/mol. The maximum atomic E-state index is 13.1. The Balaban J connectivity index is 1.67. The van der Waals surface area contributed by atoms with Gasteiger partial charge < -0.3 is 4.90 Å². The molecule has 0 amide bonds. The van der Waals surface area contributed by atoms with Crippen molar-refractivity contribution in [1.82, 2.24) is 4.72 Å². The molecule has 29 heavy (non-hydrogen) atoms. The SMILES string of the molecule is Cc1ccc(S(=O)(=O)NC2CCN(c3ccc(C#N)cc3)CC2)cc1C(F)(F)F. The van der Waals surface area contributed by atoms with Crippen LogP contribution >= 0.6 is 0 Å². The van der Waals surface area contributed by atoms with Gasteiger partial charge in [0.25, 0.3) is 0 Å². The average molecular weight is 423 g/mol. The van der Waals surface area contributed by atoms with E-state index in [4.69, 9.17) is 5.26 Å². The molecule has 9 heteroatoms. The molecule has 3 rings (SSSR count). The summed E-state index contributed by atoms with van der Waals surface area (Å²) in [6.45, 7) is 2.49. The Labute approximate surface area is 167 Å². The molecular formula is C20H20F3N3O2S. The number of hydrogen-bond donors (Lipinski definition) is 1. The average Bonchev–Trinajstić information content (AvgIpc) is 2.67. The molecule has 154 valence electrons. The molecule has 1 aliphatic rings. The van der Waals surface area contributed by atoms with Gasteiger partial charge in [-0.2, -0.15) is 18.4 Å². The normalized spacial score (nSPS) is 15.9. The third-order valence-electron chi connectivity index (χ3n) is 5.00. The number of rotatable bonds is 4. The number of nitriles is 1. The van der Waals surface area contributed by atoms with Crippen LogP contribution in [0.3, 0.4) is 0 Å². The van der Waals surface area contributed by atoms with E-state index in [2.05, 4.69) is 15.7 Å². The molecule has 1 aliphatic heterocycles. The summed E-state index contributed by atoms with van der Waals surface area (Å²) >= 11 is 0. The van der Waals surface area contributed by atoms with Gasteiger partial charge in [-0.3, -0.25) is 0 Å². The van der Waals surface area contributed by atoms with Crippen LogP contribution in [0.25, 0.3) is 0 Å². The summed E-state index contributed by atoms with van der Waals surface area (Å²) in [5.74, 6) is 0. The Morgan fingerprint density at radius 3 is 2.28 bits per heavy atom. The number of hydrogen-bond acceptors (Lipinski definition) is 4. The lowest BCUT2D eigenvalue weighted by Crippen LogP contribution is -2.44. The molecule has 2 aromatic rings. The van der Waals surface area contributed by atoms with Crippen LogP contribution < -0.4 is 9.62 Å². The smallest absolute Gasteiger partial charge is 0.371 e. The molecular weight excluding hydrogens is 403 g/mol. The fourth-order valence-corrected chi connectivity index (χ4v) is 4.69. The number of aryl methyl sites for hydroxylation is 1. The van der Waals surface area contributed by atoms with Gasteiger partial charge in [-0.25, -0.2) is 13.1 Å². The summed E-state index contributed by atoms with van der Waals surface area (Å²) in [5.41, 5.74) is 0.537. The van der Waals surface area contributed by atoms with E-state index in [1.807, 2.05) is 12.1 Å². The van der Waals surface area contributed by atoms with Gasteiger partial charge in [0, 0.05) is 24.8 Å². The van der Waals surface area contributed by atoms with Gasteiger partial charge in [-0.15, -0.1) is 0 Å². The highest BCUT2D eigenvalue weighted by molar-refractivity contribution is 7.89. The number of benzene rings is 2. The first-order valence-corrected chi connectivity index (χ1v) is 10.5. The minimum Gasteiger partial charge on any atom is -0.371 e. The minimum atomic E-state index is -4.61. The Bertz CT molecular complexity index is 1020. The molecule has 0 saturated carbocycles. The number of anilines is 1. The van der Waals surface area contributed by atoms with Crippen molar-refractivity contribution >= 4 is 15.7 Å². The summed E-state index contributed by atoms with van der Waals surface area (Å²) < 4.78 is 67.0. The van der Waals surface area contributed by atoms with E-state index in [9.17, 15) is 21.6 Å². The van der Waals surface area contributed by atoms with Crippen LogP contribution in [0.4, 0.5) is 18.9 Å². The first kappa shape index (κ1) is 21.1. The highest BCUT2D eigenvalue weighted by Gasteiger charge is 2.34. The maximum Gasteiger partial charge on any atom is 0.416 e. The fourth-order valence-electron chi connectivity index (χ4n) is 3.36. The second-order valence-electron chi connectivity index (χ2n) is 7.02. The van der Waals surface area contributed by atoms with Gasteiger partial charge in [0.2, 0.25) is 10.0 Å². The van der Waals surface area contributed by atoms with E-state index in [0.29, 0.717) is 37.6 Å². The Hall–Kier alpha value is -2.57. The summed E-state index contributed by atoms with van der Waals surface area (Å²) in [6, 6.07) is 11.9. The predicted octanol–water partition coefficient (Wildman–Crippen LogP) is 3.83. The zero-order chi connectivity index (χ0) is 21.2. The lowest BCUT2D eigenvalue weighted by molar-refractivity contribution is -0.138. The highest BCUT2D eigenvalue weighted by Crippen LogP contribution is 2.33. The quantitative estimate of drug-likeness (QED) is 0.811. The number of alkyl halides is 3. The van der Waals surface area contributed by atoms with Gasteiger partial charge in [0.1, 0.15) is 0 Å². The van der Waals surface area contributed by atoms with Crippen molar-refractivity contribution < 1.29 is 21.6 Å². The van der Waals surface area contributed by atoms with Crippen LogP contribution in [0.5, 0.6) is 0 Å². The van der Waals surface area contributed by atoms with Crippen molar-refractivity contribution in [3.8, 4) is 6.07 Å². The van der Waals surface area contributed by atoms with Crippen molar-refractivity contribution in [2.45, 2.75) is 36.9 Å². The van der Waals surface area contributed by atoms with Crippen LogP contribution in [0, 0.1) is 18.3 Å². The van der Waals surface area contributed by atoms with Crippen molar-refractivity contribution in [1.29, 1.82) is 5.26 Å². The zero-order valence-corrected chi connectivity index (χ0v) is 16.5. The first-order valence-electron chi connectivity index (χ1n) is 9.05. The molecule has 0 bridgehead atoms. The van der Waals surface area contributed by atoms with Gasteiger partial charge >= 0.3 is 6.18 Å². The highest BCUT2D eigenvalue weighted by atomic mass is 32.2. The second kappa shape index (κ2) is 8.05. The van der Waals surface area contributed by atoms with Crippen LogP contribution in [0.1, 0.15) is 29.5 Å². The molecule has 5 nitrogen and oxygen atoms in total. The van der Waals surface area contributed by atoms with Crippen molar-refractivity contribution in [2.24, 2.45) is 0 Å². The molecule has 1 fully saturated rings. The Morgan fingerprint density at radius 1 is 1.10 bits per heavy atom. The van der Waals surface area contributed by atoms with Gasteiger partial charge in [0.15, 0.2) is 0 Å². The summed E-state index contributed by atoms with van der Waals surface area (Å²) in [7, 11) is -4.06. The summed E-state index contributed by atoms with van der Waals surface area (Å²) in [4.78, 5) is 1.70. The molecule has 0 radical (unpaired) electrons. The molecule has 0 aliphatic carbocycles. The van der Waals surface area contributed by atoms with E-state index in [-0.39, 0.29) is 16.5 Å². The number of nitrogens with zero attached hydrogens (tertiary/aromatic N) is 2. The van der Waals surface area contributed by atoms with Crippen molar-refractivity contribution in [2.75, 3.05) is 18.0 Å². The minimum absolute atomic E-state index is 0.0211. The molecule has 0 spiro atoms. The Morgan fingerprint density at radius 2 is 1.72 bits per heavy atom. The van der Waals surface area contributed by atoms with Crippen LogP contribution in [0.15, 0.2) is 47.4 Å². The maximum absolute atomic E-state index is 13.1. The third-order valence-corrected chi connectivity index (χ3v) is 6.52. The molecule has 1 N–H and O–H groups in total. The molecule has 0 unspecified atom stereocenters. The van der Waals surface area contributed by atoms with Gasteiger partial charge in [-0.05, 0) is 61.7 Å². The second-order valence-corrected chi connectivity index (χ2v) is 8.73. The first-order chi connectivity index (χ1) is 13.6. The van der Waals surface area contributed by atoms with E-state index < -0.39 is 21.8 Å². The van der Waals surface area contributed by atoms with E-state index in [1.54, 1.807) is 12.1 Å². The van der Waals surface area contributed by atoms with Crippen LogP contribution in [0.2, 0.25) is 0 Å². The summed E-state index contributed by atoms with van der Waals surface area (Å²) in [6.07, 6.45) is -3.56. The van der Waals surface area contributed by atoms with Crippen LogP contribution in [-0.4, -0.2) is 27.5 Å². The standard InChI is InChI=1S/C20H20F3N3O2S/c1-14-2-7-18(12-19(14)20(21,22)23)29(27,28)25-16-8-10-26(11-9-16)17-5-3-15(13-24)4-6-17/h2-7,12,16,25H,8-11H2,1H3. The van der Waals surface area contributed by atoms with E-state index in [1.165, 1.54) is 19.1 Å². The predicted molar refractivity (Wildman–Crippen MR) is 103 cm³/mol. The van der Waals surface area contributed by atoms with E-state index >= 15 is 0 Å². The fraction of sp³-hybridized carbons (Fsp3) is 0.350. The largest absolute Gasteiger partial charge is 0.416 e. The summed E-state index contributed by atoms with van der Waals surface area (Å²) in [5, 5.41) is 8.86. The Kier molecular flexibility index (Phi) is 5.87. The number of nitrogens with one attached hydrogen (secondary N) is 1.